The van der Waals surface area contributed by atoms with E-state index in [2.05, 4.69) is 15.5 Å². The monoisotopic (exact) mass is 403 g/mol. The van der Waals surface area contributed by atoms with Gasteiger partial charge in [0, 0.05) is 6.54 Å². The maximum atomic E-state index is 12.6. The van der Waals surface area contributed by atoms with Crippen LogP contribution in [0.2, 0.25) is 0 Å². The molecular weight excluding hydrogens is 382 g/mol. The van der Waals surface area contributed by atoms with Gasteiger partial charge < -0.3 is 11.1 Å². The molecule has 4 N–H and O–H groups in total. The van der Waals surface area contributed by atoms with Gasteiger partial charge in [-0.05, 0) is 28.8 Å². The summed E-state index contributed by atoms with van der Waals surface area (Å²) in [6, 6.07) is 13.2. The molecule has 1 aromatic heterocycles. The van der Waals surface area contributed by atoms with E-state index in [1.54, 1.807) is 0 Å². The lowest BCUT2D eigenvalue weighted by molar-refractivity contribution is -0.385. The van der Waals surface area contributed by atoms with E-state index in [-0.39, 0.29) is 30.3 Å². The summed E-state index contributed by atoms with van der Waals surface area (Å²) < 4.78 is 0. The Hall–Kier alpha value is -2.97. The molecule has 1 atom stereocenters. The third kappa shape index (κ3) is 4.29. The van der Waals surface area contributed by atoms with Crippen LogP contribution < -0.4 is 11.1 Å². The quantitative estimate of drug-likeness (QED) is 0.412. The number of carbonyl (C=O) groups is 1. The van der Waals surface area contributed by atoms with E-state index in [1.807, 2.05) is 49.4 Å². The van der Waals surface area contributed by atoms with Gasteiger partial charge in [0.1, 0.15) is 5.69 Å². The second-order valence-corrected chi connectivity index (χ2v) is 6.27. The zero-order valence-electron chi connectivity index (χ0n) is 15.3. The number of nitrogens with two attached hydrogens (primary N) is 1. The average molecular weight is 404 g/mol. The van der Waals surface area contributed by atoms with Crippen LogP contribution in [0.1, 0.15) is 41.1 Å². The number of aryl methyl sites for hydroxylation is 1. The topological polar surface area (TPSA) is 127 Å². The Bertz CT molecular complexity index is 989. The predicted molar refractivity (Wildman–Crippen MR) is 110 cm³/mol. The highest BCUT2D eigenvalue weighted by atomic mass is 35.5. The van der Waals surface area contributed by atoms with Gasteiger partial charge in [-0.1, -0.05) is 49.7 Å². The van der Waals surface area contributed by atoms with Gasteiger partial charge in [0.2, 0.25) is 5.69 Å². The summed E-state index contributed by atoms with van der Waals surface area (Å²) >= 11 is 0. The molecule has 28 heavy (non-hydrogen) atoms. The highest BCUT2D eigenvalue weighted by molar-refractivity contribution is 5.97. The number of halogens is 1. The van der Waals surface area contributed by atoms with Gasteiger partial charge in [-0.2, -0.15) is 5.10 Å². The average Bonchev–Trinajstić information content (AvgIpc) is 3.10. The highest BCUT2D eigenvalue weighted by Crippen LogP contribution is 2.24. The van der Waals surface area contributed by atoms with Crippen molar-refractivity contribution in [1.82, 2.24) is 15.5 Å². The molecule has 3 rings (SSSR count). The van der Waals surface area contributed by atoms with Gasteiger partial charge in [-0.15, -0.1) is 12.4 Å². The number of nitrogens with one attached hydrogen (secondary N) is 2. The molecule has 0 bridgehead atoms. The van der Waals surface area contributed by atoms with E-state index in [0.717, 1.165) is 16.3 Å². The Morgan fingerprint density at radius 2 is 2.00 bits per heavy atom. The minimum absolute atomic E-state index is 0. The number of nitrogens with zero attached hydrogens (tertiary/aromatic N) is 2. The van der Waals surface area contributed by atoms with Crippen LogP contribution in [-0.2, 0) is 6.42 Å². The Labute approximate surface area is 168 Å². The van der Waals surface area contributed by atoms with Crippen molar-refractivity contribution < 1.29 is 9.72 Å². The molecule has 3 aromatic rings. The van der Waals surface area contributed by atoms with Gasteiger partial charge >= 0.3 is 5.69 Å². The molecule has 0 aliphatic carbocycles. The number of carbonyl (C=O) groups excluding carboxylic acids is 1. The summed E-state index contributed by atoms with van der Waals surface area (Å²) in [4.78, 5) is 23.5. The fourth-order valence-corrected chi connectivity index (χ4v) is 3.08. The minimum atomic E-state index is -0.621. The molecule has 0 saturated heterocycles. The number of aromatic nitrogens is 2. The largest absolute Gasteiger partial charge is 0.342 e. The van der Waals surface area contributed by atoms with Gasteiger partial charge in [0.25, 0.3) is 5.91 Å². The fraction of sp³-hybridized carbons (Fsp3) is 0.263. The molecule has 0 fully saturated rings. The molecule has 0 saturated carbocycles. The molecule has 0 radical (unpaired) electrons. The van der Waals surface area contributed by atoms with Crippen molar-refractivity contribution in [1.29, 1.82) is 0 Å². The van der Waals surface area contributed by atoms with E-state index < -0.39 is 16.9 Å². The molecule has 148 valence electrons. The molecule has 0 spiro atoms. The molecule has 0 aliphatic heterocycles. The normalized spacial score (nSPS) is 11.6. The lowest BCUT2D eigenvalue weighted by Gasteiger charge is -2.17. The second kappa shape index (κ2) is 9.29. The molecule has 2 aromatic carbocycles. The molecular formula is C19H22ClN5O3. The first-order chi connectivity index (χ1) is 13.0. The van der Waals surface area contributed by atoms with Crippen LogP contribution in [0.25, 0.3) is 10.8 Å². The van der Waals surface area contributed by atoms with E-state index in [1.165, 1.54) is 0 Å². The molecule has 0 aliphatic rings. The molecule has 9 heteroatoms. The van der Waals surface area contributed by atoms with E-state index in [9.17, 15) is 14.9 Å². The van der Waals surface area contributed by atoms with Crippen molar-refractivity contribution >= 4 is 34.8 Å². The number of H-pyrrole nitrogens is 1. The van der Waals surface area contributed by atoms with Crippen molar-refractivity contribution in [2.45, 2.75) is 25.8 Å². The Morgan fingerprint density at radius 1 is 1.29 bits per heavy atom. The Morgan fingerprint density at radius 3 is 2.64 bits per heavy atom. The summed E-state index contributed by atoms with van der Waals surface area (Å²) in [7, 11) is 0. The number of hydrogen-bond acceptors (Lipinski definition) is 5. The van der Waals surface area contributed by atoms with Crippen LogP contribution in [0.3, 0.4) is 0 Å². The third-order valence-corrected chi connectivity index (χ3v) is 4.43. The Kier molecular flexibility index (Phi) is 7.08. The standard InChI is InChI=1S/C19H21N5O3.ClH/c1-2-5-15-18(24(26)27)17(23-22-15)19(25)21-16(11-20)14-9-8-12-6-3-4-7-13(12)10-14;/h3-4,6-10,16H,2,5,11,20H2,1H3,(H,21,25)(H,22,23);1H. The maximum Gasteiger partial charge on any atom is 0.322 e. The number of aromatic amines is 1. The number of rotatable bonds is 7. The summed E-state index contributed by atoms with van der Waals surface area (Å²) in [5.41, 5.74) is 6.53. The number of benzene rings is 2. The van der Waals surface area contributed by atoms with Crippen molar-refractivity contribution in [3.05, 3.63) is 69.5 Å². The van der Waals surface area contributed by atoms with Gasteiger partial charge in [0.05, 0.1) is 11.0 Å². The van der Waals surface area contributed by atoms with Crippen molar-refractivity contribution in [3.63, 3.8) is 0 Å². The van der Waals surface area contributed by atoms with Crippen molar-refractivity contribution in [2.75, 3.05) is 6.54 Å². The van der Waals surface area contributed by atoms with Gasteiger partial charge in [-0.3, -0.25) is 20.0 Å². The van der Waals surface area contributed by atoms with E-state index >= 15 is 0 Å². The first-order valence-electron chi connectivity index (χ1n) is 8.76. The van der Waals surface area contributed by atoms with Gasteiger partial charge in [-0.25, -0.2) is 0 Å². The lowest BCUT2D eigenvalue weighted by atomic mass is 10.0. The van der Waals surface area contributed by atoms with Crippen molar-refractivity contribution in [3.8, 4) is 0 Å². The van der Waals surface area contributed by atoms with Gasteiger partial charge in [0.15, 0.2) is 0 Å². The fourth-order valence-electron chi connectivity index (χ4n) is 3.08. The third-order valence-electron chi connectivity index (χ3n) is 4.43. The van der Waals surface area contributed by atoms with E-state index in [0.29, 0.717) is 18.5 Å². The summed E-state index contributed by atoms with van der Waals surface area (Å²) in [6.45, 7) is 2.05. The van der Waals surface area contributed by atoms with Crippen LogP contribution in [0.4, 0.5) is 5.69 Å². The number of fused-ring (bicyclic) bond motifs is 1. The Balaban J connectivity index is 0.00000280. The van der Waals surface area contributed by atoms with Crippen LogP contribution in [-0.4, -0.2) is 27.6 Å². The van der Waals surface area contributed by atoms with Crippen molar-refractivity contribution in [2.24, 2.45) is 5.73 Å². The first kappa shape index (κ1) is 21.3. The second-order valence-electron chi connectivity index (χ2n) is 6.27. The zero-order chi connectivity index (χ0) is 19.4. The molecule has 1 unspecified atom stereocenters. The molecule has 1 amide bonds. The summed E-state index contributed by atoms with van der Waals surface area (Å²) in [6.07, 6.45) is 1.15. The van der Waals surface area contributed by atoms with E-state index in [4.69, 9.17) is 5.73 Å². The highest BCUT2D eigenvalue weighted by Gasteiger charge is 2.29. The predicted octanol–water partition coefficient (Wildman–Crippen LogP) is 3.28. The number of hydrogen-bond donors (Lipinski definition) is 3. The smallest absolute Gasteiger partial charge is 0.322 e. The molecule has 1 heterocycles. The van der Waals surface area contributed by atoms with Crippen LogP contribution in [0.15, 0.2) is 42.5 Å². The number of amides is 1. The summed E-state index contributed by atoms with van der Waals surface area (Å²) in [5, 5.41) is 22.7. The maximum absolute atomic E-state index is 12.6. The van der Waals surface area contributed by atoms with Crippen LogP contribution >= 0.6 is 12.4 Å². The minimum Gasteiger partial charge on any atom is -0.342 e. The molecule has 8 nitrogen and oxygen atoms in total. The van der Waals surface area contributed by atoms with Crippen LogP contribution in [0.5, 0.6) is 0 Å². The summed E-state index contributed by atoms with van der Waals surface area (Å²) in [5.74, 6) is -0.621. The number of nitro groups is 1. The van der Waals surface area contributed by atoms with Crippen LogP contribution in [0, 0.1) is 10.1 Å². The zero-order valence-corrected chi connectivity index (χ0v) is 16.2. The SMILES string of the molecule is CCCc1[nH]nc(C(=O)NC(CN)c2ccc3ccccc3c2)c1[N+](=O)[O-].Cl. The lowest BCUT2D eigenvalue weighted by Crippen LogP contribution is -2.34. The first-order valence-corrected chi connectivity index (χ1v) is 8.76.